The number of amides is 1. The fourth-order valence-electron chi connectivity index (χ4n) is 4.71. The number of piperidine rings is 1. The van der Waals surface area contributed by atoms with E-state index < -0.39 is 12.3 Å². The highest BCUT2D eigenvalue weighted by Gasteiger charge is 2.31. The summed E-state index contributed by atoms with van der Waals surface area (Å²) in [5, 5.41) is 6.89. The van der Waals surface area contributed by atoms with Crippen LogP contribution in [-0.4, -0.2) is 65.9 Å². The third kappa shape index (κ3) is 6.39. The van der Waals surface area contributed by atoms with Crippen molar-refractivity contribution in [1.29, 1.82) is 0 Å². The molecule has 0 saturated carbocycles. The highest BCUT2D eigenvalue weighted by atomic mass is 19.3. The smallest absolute Gasteiger partial charge is 0.314 e. The van der Waals surface area contributed by atoms with Gasteiger partial charge in [-0.25, -0.2) is 4.39 Å². The van der Waals surface area contributed by atoms with Gasteiger partial charge in [0.25, 0.3) is 5.89 Å². The molecule has 2 fully saturated rings. The van der Waals surface area contributed by atoms with Crippen molar-refractivity contribution in [1.82, 2.24) is 20.1 Å². The van der Waals surface area contributed by atoms with Gasteiger partial charge >= 0.3 is 6.43 Å². The van der Waals surface area contributed by atoms with E-state index in [1.54, 1.807) is 18.2 Å². The Hall–Kier alpha value is -3.51. The first-order valence-corrected chi connectivity index (χ1v) is 12.9. The van der Waals surface area contributed by atoms with E-state index in [-0.39, 0.29) is 29.9 Å². The molecular formula is C27H32F3N5O4. The van der Waals surface area contributed by atoms with Crippen molar-refractivity contribution in [3.63, 3.8) is 0 Å². The second kappa shape index (κ2) is 13.0. The largest absolute Gasteiger partial charge is 0.495 e. The number of methoxy groups -OCH3 is 1. The van der Waals surface area contributed by atoms with Crippen LogP contribution in [0.2, 0.25) is 0 Å². The van der Waals surface area contributed by atoms with Gasteiger partial charge in [-0.2, -0.15) is 8.78 Å². The lowest BCUT2D eigenvalue weighted by Crippen LogP contribution is -2.51. The number of benzene rings is 1. The molecule has 210 valence electrons. The van der Waals surface area contributed by atoms with Gasteiger partial charge in [-0.05, 0) is 55.6 Å². The number of anilines is 1. The molecule has 2 aliphatic heterocycles. The molecule has 39 heavy (non-hydrogen) atoms. The highest BCUT2D eigenvalue weighted by Crippen LogP contribution is 2.38. The van der Waals surface area contributed by atoms with Gasteiger partial charge in [-0.15, -0.1) is 10.2 Å². The third-order valence-corrected chi connectivity index (χ3v) is 6.87. The number of hydrogen-bond acceptors (Lipinski definition) is 8. The Morgan fingerprint density at radius 1 is 1.18 bits per heavy atom. The minimum atomic E-state index is -2.87. The topological polar surface area (TPSA) is 93.8 Å². The lowest BCUT2D eigenvalue weighted by molar-refractivity contribution is -0.107. The number of carbonyl (C=O) groups excluding carboxylic acids is 1. The average molecular weight is 548 g/mol. The summed E-state index contributed by atoms with van der Waals surface area (Å²) < 4.78 is 56.4. The van der Waals surface area contributed by atoms with Gasteiger partial charge in [0.15, 0.2) is 0 Å². The van der Waals surface area contributed by atoms with Crippen LogP contribution in [0.25, 0.3) is 11.5 Å². The average Bonchev–Trinajstić information content (AvgIpc) is 3.44. The molecule has 2 aromatic heterocycles. The van der Waals surface area contributed by atoms with Gasteiger partial charge in [0, 0.05) is 12.3 Å². The number of ether oxygens (including phenoxy) is 2. The first-order chi connectivity index (χ1) is 19.0. The minimum absolute atomic E-state index is 0.0346. The number of aromatic nitrogens is 3. The van der Waals surface area contributed by atoms with E-state index in [0.717, 1.165) is 39.1 Å². The van der Waals surface area contributed by atoms with Gasteiger partial charge < -0.3 is 18.8 Å². The molecule has 2 aliphatic rings. The molecule has 0 aliphatic carbocycles. The number of halogens is 3. The first kappa shape index (κ1) is 28.5. The zero-order valence-corrected chi connectivity index (χ0v) is 22.1. The predicted octanol–water partition coefficient (Wildman–Crippen LogP) is 4.98. The zero-order valence-electron chi connectivity index (χ0n) is 22.1. The normalized spacial score (nSPS) is 16.4. The zero-order chi connectivity index (χ0) is 27.9. The van der Waals surface area contributed by atoms with Crippen molar-refractivity contribution in [2.24, 2.45) is 0 Å². The highest BCUT2D eigenvalue weighted by molar-refractivity contribution is 5.79. The molecule has 0 bridgehead atoms. The summed E-state index contributed by atoms with van der Waals surface area (Å²) in [6.45, 7) is 7.33. The third-order valence-electron chi connectivity index (χ3n) is 6.87. The Kier molecular flexibility index (Phi) is 9.52. The second-order valence-electron chi connectivity index (χ2n) is 9.06. The number of likely N-dealkylation sites (tertiary alicyclic amines) is 1. The SMILES string of the molecule is CC.COc1cc(C2CCN(C3COC3)CC2)c(F)cc1N(C=O)Cc1ccc(-c2nnc(C(F)F)o2)cn1. The maximum Gasteiger partial charge on any atom is 0.314 e. The van der Waals surface area contributed by atoms with Gasteiger partial charge in [0.05, 0.1) is 49.9 Å². The number of alkyl halides is 2. The van der Waals surface area contributed by atoms with Crippen LogP contribution in [-0.2, 0) is 16.1 Å². The van der Waals surface area contributed by atoms with Crippen molar-refractivity contribution in [2.45, 2.75) is 51.6 Å². The van der Waals surface area contributed by atoms with Gasteiger partial charge in [-0.3, -0.25) is 14.7 Å². The Labute approximate surface area is 224 Å². The molecule has 1 amide bonds. The number of hydrogen-bond donors (Lipinski definition) is 0. The molecule has 4 heterocycles. The summed E-state index contributed by atoms with van der Waals surface area (Å²) in [5.41, 5.74) is 1.70. The van der Waals surface area contributed by atoms with Crippen LogP contribution in [0.3, 0.4) is 0 Å². The molecule has 3 aromatic rings. The van der Waals surface area contributed by atoms with E-state index in [2.05, 4.69) is 20.1 Å². The minimum Gasteiger partial charge on any atom is -0.495 e. The number of carbonyl (C=O) groups is 1. The second-order valence-corrected chi connectivity index (χ2v) is 9.06. The van der Waals surface area contributed by atoms with Crippen LogP contribution < -0.4 is 9.64 Å². The summed E-state index contributed by atoms with van der Waals surface area (Å²) in [5.74, 6) is -0.799. The number of pyridine rings is 1. The van der Waals surface area contributed by atoms with E-state index in [1.807, 2.05) is 13.8 Å². The Bertz CT molecular complexity index is 1230. The fraction of sp³-hybridized carbons (Fsp3) is 0.481. The lowest BCUT2D eigenvalue weighted by atomic mass is 9.88. The van der Waals surface area contributed by atoms with Gasteiger partial charge in [0.2, 0.25) is 12.3 Å². The quantitative estimate of drug-likeness (QED) is 0.346. The van der Waals surface area contributed by atoms with Crippen molar-refractivity contribution < 1.29 is 31.9 Å². The summed E-state index contributed by atoms with van der Waals surface area (Å²) >= 11 is 0. The van der Waals surface area contributed by atoms with E-state index in [4.69, 9.17) is 13.9 Å². The Morgan fingerprint density at radius 2 is 1.92 bits per heavy atom. The standard InChI is InChI=1S/C25H26F3N5O4.C2H6/c1-35-22-8-19(15-4-6-32(7-5-15)18-12-36-13-18)20(26)9-21(22)33(14-34)11-17-3-2-16(10-29-17)24-30-31-25(37-24)23(27)28;1-2/h2-3,8-10,14-15,18,23H,4-7,11-13H2,1H3;1-2H3. The van der Waals surface area contributed by atoms with Crippen molar-refractivity contribution in [3.8, 4) is 17.2 Å². The number of nitrogens with zero attached hydrogens (tertiary/aromatic N) is 5. The van der Waals surface area contributed by atoms with Crippen LogP contribution in [0, 0.1) is 5.82 Å². The van der Waals surface area contributed by atoms with Crippen LogP contribution in [0.1, 0.15) is 56.2 Å². The van der Waals surface area contributed by atoms with E-state index >= 15 is 4.39 Å². The molecule has 0 N–H and O–H groups in total. The molecule has 2 saturated heterocycles. The summed E-state index contributed by atoms with van der Waals surface area (Å²) in [4.78, 5) is 19.9. The maximum absolute atomic E-state index is 15.3. The molecular weight excluding hydrogens is 515 g/mol. The molecule has 0 unspecified atom stereocenters. The molecule has 1 aromatic carbocycles. The van der Waals surface area contributed by atoms with Crippen LogP contribution in [0.5, 0.6) is 5.75 Å². The van der Waals surface area contributed by atoms with E-state index in [1.165, 1.54) is 24.3 Å². The first-order valence-electron chi connectivity index (χ1n) is 12.9. The Morgan fingerprint density at radius 3 is 2.46 bits per heavy atom. The molecule has 9 nitrogen and oxygen atoms in total. The van der Waals surface area contributed by atoms with E-state index in [9.17, 15) is 13.6 Å². The van der Waals surface area contributed by atoms with Gasteiger partial charge in [0.1, 0.15) is 11.6 Å². The molecule has 0 atom stereocenters. The Balaban J connectivity index is 0.00000172. The molecule has 0 radical (unpaired) electrons. The number of rotatable bonds is 9. The molecule has 5 rings (SSSR count). The van der Waals surface area contributed by atoms with E-state index in [0.29, 0.717) is 35.0 Å². The maximum atomic E-state index is 15.3. The monoisotopic (exact) mass is 547 g/mol. The van der Waals surface area contributed by atoms with Crippen LogP contribution in [0.15, 0.2) is 34.9 Å². The lowest BCUT2D eigenvalue weighted by Gasteiger charge is -2.41. The van der Waals surface area contributed by atoms with Gasteiger partial charge in [-0.1, -0.05) is 13.8 Å². The van der Waals surface area contributed by atoms with Crippen molar-refractivity contribution in [3.05, 3.63) is 53.4 Å². The fourth-order valence-corrected chi connectivity index (χ4v) is 4.71. The van der Waals surface area contributed by atoms with Crippen LogP contribution in [0.4, 0.5) is 18.9 Å². The summed E-state index contributed by atoms with van der Waals surface area (Å²) in [7, 11) is 1.48. The predicted molar refractivity (Wildman–Crippen MR) is 137 cm³/mol. The van der Waals surface area contributed by atoms with Crippen LogP contribution >= 0.6 is 0 Å². The summed E-state index contributed by atoms with van der Waals surface area (Å²) in [6.07, 6.45) is 0.764. The summed E-state index contributed by atoms with van der Waals surface area (Å²) in [6, 6.07) is 6.63. The molecule has 12 heteroatoms. The van der Waals surface area contributed by atoms with Crippen molar-refractivity contribution >= 4 is 12.1 Å². The van der Waals surface area contributed by atoms with Crippen molar-refractivity contribution in [2.75, 3.05) is 38.3 Å². The molecule has 0 spiro atoms.